The lowest BCUT2D eigenvalue weighted by Crippen LogP contribution is -2.56. The van der Waals surface area contributed by atoms with Gasteiger partial charge in [0.05, 0.1) is 6.54 Å². The number of carboxylic acids is 1. The molecule has 32 heavy (non-hydrogen) atoms. The van der Waals surface area contributed by atoms with E-state index in [2.05, 4.69) is 10.6 Å². The summed E-state index contributed by atoms with van der Waals surface area (Å²) in [7, 11) is 0.500. The second-order valence-electron chi connectivity index (χ2n) is 8.88. The van der Waals surface area contributed by atoms with Crippen molar-refractivity contribution in [1.29, 1.82) is 0 Å². The number of hydrogen-bond acceptors (Lipinski definition) is 7. The summed E-state index contributed by atoms with van der Waals surface area (Å²) in [5.41, 5.74) is 0.754. The summed E-state index contributed by atoms with van der Waals surface area (Å²) < 4.78 is 11.5. The van der Waals surface area contributed by atoms with Crippen LogP contribution < -0.4 is 20.0 Å². The Kier molecular flexibility index (Phi) is 6.04. The van der Waals surface area contributed by atoms with Gasteiger partial charge >= 0.3 is 13.1 Å². The first-order valence-corrected chi connectivity index (χ1v) is 10.8. The number of rotatable bonds is 8. The molecule has 2 fully saturated rings. The van der Waals surface area contributed by atoms with Crippen molar-refractivity contribution < 1.29 is 33.9 Å². The molecule has 1 saturated carbocycles. The Morgan fingerprint density at radius 3 is 2.72 bits per heavy atom. The molecule has 2 amide bonds. The van der Waals surface area contributed by atoms with Crippen molar-refractivity contribution in [2.45, 2.75) is 31.7 Å². The van der Waals surface area contributed by atoms with E-state index in [9.17, 15) is 24.5 Å². The molecule has 0 radical (unpaired) electrons. The number of aromatic carboxylic acids is 1. The van der Waals surface area contributed by atoms with E-state index in [1.807, 2.05) is 17.9 Å². The van der Waals surface area contributed by atoms with Crippen LogP contribution >= 0.6 is 0 Å². The Hall–Kier alpha value is -2.79. The summed E-state index contributed by atoms with van der Waals surface area (Å²) in [6.45, 7) is 5.35. The molecule has 3 aliphatic rings. The maximum Gasteiger partial charge on any atom is 0.526 e. The van der Waals surface area contributed by atoms with Crippen LogP contribution in [0, 0.1) is 11.8 Å². The van der Waals surface area contributed by atoms with Crippen LogP contribution in [0.2, 0.25) is 5.82 Å². The summed E-state index contributed by atoms with van der Waals surface area (Å²) in [5.74, 6) is -1.15. The summed E-state index contributed by atoms with van der Waals surface area (Å²) >= 11 is 0. The topological polar surface area (TPSA) is 137 Å². The van der Waals surface area contributed by atoms with Crippen molar-refractivity contribution in [2.24, 2.45) is 11.8 Å². The highest BCUT2D eigenvalue weighted by Crippen LogP contribution is 2.65. The smallest absolute Gasteiger partial charge is 0.526 e. The number of ether oxygens (including phenoxy) is 1. The number of carbonyl (C=O) groups is 3. The van der Waals surface area contributed by atoms with Gasteiger partial charge in [-0.15, -0.1) is 0 Å². The molecular weight excluding hydrogens is 417 g/mol. The number of amides is 2. The van der Waals surface area contributed by atoms with E-state index in [4.69, 9.17) is 9.39 Å². The fraction of sp³-hybridized carbons (Fsp3) is 0.571. The van der Waals surface area contributed by atoms with E-state index < -0.39 is 13.1 Å². The number of likely N-dealkylation sites (tertiary alicyclic amines) is 1. The molecular formula is C21H28BN3O7. The maximum absolute atomic E-state index is 12.1. The predicted octanol–water partition coefficient (Wildman–Crippen LogP) is -0.0775. The van der Waals surface area contributed by atoms with E-state index in [0.29, 0.717) is 19.6 Å². The maximum atomic E-state index is 12.1. The molecule has 1 saturated heterocycles. The van der Waals surface area contributed by atoms with Crippen LogP contribution in [0.1, 0.15) is 35.7 Å². The van der Waals surface area contributed by atoms with Gasteiger partial charge in [-0.2, -0.15) is 0 Å². The molecule has 10 nitrogen and oxygen atoms in total. The van der Waals surface area contributed by atoms with E-state index in [-0.39, 0.29) is 65.1 Å². The Morgan fingerprint density at radius 1 is 1.34 bits per heavy atom. The van der Waals surface area contributed by atoms with Crippen LogP contribution in [0.3, 0.4) is 0 Å². The lowest BCUT2D eigenvalue weighted by molar-refractivity contribution is -0.129. The summed E-state index contributed by atoms with van der Waals surface area (Å²) in [6, 6.07) is 3.50. The van der Waals surface area contributed by atoms with Gasteiger partial charge in [-0.1, -0.05) is 19.9 Å². The van der Waals surface area contributed by atoms with Crippen LogP contribution in [0.4, 0.5) is 0 Å². The molecule has 4 rings (SSSR count). The van der Waals surface area contributed by atoms with Crippen LogP contribution in [0.15, 0.2) is 12.1 Å². The first-order chi connectivity index (χ1) is 15.2. The molecule has 0 spiro atoms. The van der Waals surface area contributed by atoms with Gasteiger partial charge < -0.3 is 30.2 Å². The molecule has 172 valence electrons. The second kappa shape index (κ2) is 8.63. The average Bonchev–Trinajstić information content (AvgIpc) is 3.41. The Morgan fingerprint density at radius 2 is 2.06 bits per heavy atom. The molecule has 3 unspecified atom stereocenters. The van der Waals surface area contributed by atoms with Crippen LogP contribution in [0.5, 0.6) is 11.5 Å². The largest absolute Gasteiger partial charge is 0.535 e. The fourth-order valence-electron chi connectivity index (χ4n) is 4.72. The van der Waals surface area contributed by atoms with Crippen LogP contribution in [-0.4, -0.2) is 79.3 Å². The quantitative estimate of drug-likeness (QED) is 0.408. The van der Waals surface area contributed by atoms with E-state index in [1.54, 1.807) is 13.0 Å². The van der Waals surface area contributed by atoms with Crippen molar-refractivity contribution in [2.75, 3.05) is 33.2 Å². The molecule has 2 aliphatic heterocycles. The van der Waals surface area contributed by atoms with Crippen molar-refractivity contribution in [3.8, 4) is 11.5 Å². The number of likely N-dealkylation sites (N-methyl/N-ethyl adjacent to an activating group) is 1. The van der Waals surface area contributed by atoms with Gasteiger partial charge in [0.25, 0.3) is 0 Å². The molecule has 0 bridgehead atoms. The van der Waals surface area contributed by atoms with Crippen molar-refractivity contribution in [1.82, 2.24) is 15.5 Å². The molecule has 0 aromatic heterocycles. The van der Waals surface area contributed by atoms with E-state index in [0.717, 1.165) is 5.56 Å². The minimum atomic E-state index is -1.16. The normalized spacial score (nSPS) is 24.9. The van der Waals surface area contributed by atoms with Gasteiger partial charge in [-0.05, 0) is 23.5 Å². The van der Waals surface area contributed by atoms with Crippen molar-refractivity contribution >= 4 is 24.9 Å². The fourth-order valence-corrected chi connectivity index (χ4v) is 4.72. The zero-order chi connectivity index (χ0) is 23.2. The highest BCUT2D eigenvalue weighted by Gasteiger charge is 2.60. The van der Waals surface area contributed by atoms with Crippen molar-refractivity contribution in [3.63, 3.8) is 0 Å². The summed E-state index contributed by atoms with van der Waals surface area (Å²) in [6.07, 6.45) is -0.214. The van der Waals surface area contributed by atoms with Crippen molar-refractivity contribution in [3.05, 3.63) is 23.3 Å². The second-order valence-corrected chi connectivity index (χ2v) is 8.88. The predicted molar refractivity (Wildman–Crippen MR) is 115 cm³/mol. The SMILES string of the molecule is CNC(=O)CNC(=O)[C@@H](C)CN1CC(Oc2ccc3c(c2C(=O)O)OB(O)C2C(C)C32)C1. The summed E-state index contributed by atoms with van der Waals surface area (Å²) in [5, 5.41) is 25.0. The Bertz CT molecular complexity index is 936. The van der Waals surface area contributed by atoms with E-state index >= 15 is 0 Å². The average molecular weight is 445 g/mol. The number of carbonyl (C=O) groups excluding carboxylic acids is 2. The van der Waals surface area contributed by atoms with Gasteiger partial charge in [0.15, 0.2) is 0 Å². The minimum Gasteiger partial charge on any atom is -0.535 e. The number of benzene rings is 1. The zero-order valence-electron chi connectivity index (χ0n) is 18.3. The number of carboxylic acid groups (broad SMARTS) is 1. The monoisotopic (exact) mass is 445 g/mol. The standard InChI is InChI=1S/C21H28BN3O7/c1-10(20(27)24-6-15(26)23-3)7-25-8-12(9-25)31-14-5-4-13-16-11(2)18(16)22(30)32-19(13)17(14)21(28)29/h4-5,10-12,16,18,30H,6-9H2,1-3H3,(H,23,26)(H,24,27)(H,28,29)/t10-,11?,16?,18?/m0/s1. The number of nitrogens with zero attached hydrogens (tertiary/aromatic N) is 1. The minimum absolute atomic E-state index is 0.00616. The number of nitrogens with one attached hydrogen (secondary N) is 2. The highest BCUT2D eigenvalue weighted by atomic mass is 16.5. The number of fused-ring (bicyclic) bond motifs is 3. The van der Waals surface area contributed by atoms with Gasteiger partial charge in [-0.25, -0.2) is 4.79 Å². The zero-order valence-corrected chi connectivity index (χ0v) is 18.3. The molecule has 1 aliphatic carbocycles. The summed E-state index contributed by atoms with van der Waals surface area (Å²) in [4.78, 5) is 37.4. The molecule has 4 N–H and O–H groups in total. The molecule has 2 heterocycles. The third kappa shape index (κ3) is 4.14. The Balaban J connectivity index is 1.34. The third-order valence-electron chi connectivity index (χ3n) is 6.64. The van der Waals surface area contributed by atoms with Gasteiger partial charge in [-0.3, -0.25) is 14.5 Å². The molecule has 1 aromatic carbocycles. The van der Waals surface area contributed by atoms with Crippen LogP contribution in [0.25, 0.3) is 0 Å². The van der Waals surface area contributed by atoms with E-state index in [1.165, 1.54) is 7.05 Å². The molecule has 1 aromatic rings. The van der Waals surface area contributed by atoms with Gasteiger partial charge in [0, 0.05) is 38.4 Å². The first kappa shape index (κ1) is 22.4. The lowest BCUT2D eigenvalue weighted by atomic mass is 9.76. The lowest BCUT2D eigenvalue weighted by Gasteiger charge is -2.40. The molecule has 4 atom stereocenters. The first-order valence-electron chi connectivity index (χ1n) is 10.8. The highest BCUT2D eigenvalue weighted by molar-refractivity contribution is 6.48. The third-order valence-corrected chi connectivity index (χ3v) is 6.64. The van der Waals surface area contributed by atoms with Gasteiger partial charge in [0.1, 0.15) is 23.2 Å². The molecule has 11 heteroatoms. The van der Waals surface area contributed by atoms with Gasteiger partial charge in [0.2, 0.25) is 11.8 Å². The number of hydrogen-bond donors (Lipinski definition) is 4. The Labute approximate surface area is 186 Å². The van der Waals surface area contributed by atoms with Crippen LogP contribution in [-0.2, 0) is 9.59 Å².